The van der Waals surface area contributed by atoms with Crippen molar-refractivity contribution in [2.45, 2.75) is 135 Å². The number of hydrogen-bond acceptors (Lipinski definition) is 9. The maximum atomic E-state index is 5.65. The van der Waals surface area contributed by atoms with Crippen LogP contribution in [-0.2, 0) is 10.3 Å². The lowest BCUT2D eigenvalue weighted by Gasteiger charge is -2.52. The molecule has 1 aromatic heterocycles. The zero-order valence-electron chi connectivity index (χ0n) is 26.9. The van der Waals surface area contributed by atoms with Crippen molar-refractivity contribution in [3.8, 4) is 0 Å². The van der Waals surface area contributed by atoms with Crippen molar-refractivity contribution in [2.75, 3.05) is 50.2 Å². The molecule has 0 bridgehead atoms. The first-order valence-corrected chi connectivity index (χ1v) is 14.9. The lowest BCUT2D eigenvalue weighted by Crippen LogP contribution is -2.63. The first-order chi connectivity index (χ1) is 17.8. The molecule has 0 aliphatic carbocycles. The van der Waals surface area contributed by atoms with E-state index in [2.05, 4.69) is 109 Å². The lowest BCUT2D eigenvalue weighted by atomic mass is 9.78. The second-order valence-electron chi connectivity index (χ2n) is 15.5. The number of aromatic nitrogens is 3. The summed E-state index contributed by atoms with van der Waals surface area (Å²) in [5.74, 6) is 2.38. The molecular formula is C30H56N8O. The van der Waals surface area contributed by atoms with Crippen molar-refractivity contribution in [1.82, 2.24) is 30.5 Å². The van der Waals surface area contributed by atoms with E-state index in [1.165, 1.54) is 0 Å². The van der Waals surface area contributed by atoms with E-state index in [-0.39, 0.29) is 27.7 Å². The minimum Gasteiger partial charge on any atom is -0.378 e. The summed E-state index contributed by atoms with van der Waals surface area (Å²) in [5.41, 5.74) is -0.167. The smallest absolute Gasteiger partial charge is 0.230 e. The van der Waals surface area contributed by atoms with E-state index in [0.29, 0.717) is 25.3 Å². The number of nitrogens with zero attached hydrogens (tertiary/aromatic N) is 6. The zero-order valence-corrected chi connectivity index (χ0v) is 26.9. The van der Waals surface area contributed by atoms with E-state index in [0.717, 1.165) is 56.5 Å². The van der Waals surface area contributed by atoms with Crippen LogP contribution in [0.4, 0.5) is 11.9 Å². The summed E-state index contributed by atoms with van der Waals surface area (Å²) in [5, 5.41) is 7.65. The summed E-state index contributed by atoms with van der Waals surface area (Å²) < 4.78 is 5.65. The topological polar surface area (TPSA) is 81.7 Å². The van der Waals surface area contributed by atoms with Crippen LogP contribution < -0.4 is 20.4 Å². The SMILES string of the molecule is CN(c1nc(N2CCOCC2)nc(C(C)(C)N(C)C2CC(C)(C)NC(C)(C)C2)n1)C1CC(C)(C)NC(C)(C)C1. The van der Waals surface area contributed by atoms with E-state index < -0.39 is 0 Å². The van der Waals surface area contributed by atoms with E-state index in [4.69, 9.17) is 19.7 Å². The Morgan fingerprint density at radius 2 is 1.21 bits per heavy atom. The fraction of sp³-hybridized carbons (Fsp3) is 0.900. The molecular weight excluding hydrogens is 488 g/mol. The molecule has 3 aliphatic heterocycles. The highest BCUT2D eigenvalue weighted by atomic mass is 16.5. The van der Waals surface area contributed by atoms with Crippen molar-refractivity contribution in [1.29, 1.82) is 0 Å². The summed E-state index contributed by atoms with van der Waals surface area (Å²) >= 11 is 0. The molecule has 3 saturated heterocycles. The first kappa shape index (κ1) is 30.4. The van der Waals surface area contributed by atoms with Crippen molar-refractivity contribution in [3.05, 3.63) is 5.82 Å². The molecule has 4 rings (SSSR count). The normalized spacial score (nSPS) is 25.6. The molecule has 0 atom stereocenters. The predicted molar refractivity (Wildman–Crippen MR) is 161 cm³/mol. The highest BCUT2D eigenvalue weighted by Crippen LogP contribution is 2.38. The number of ether oxygens (including phenoxy) is 1. The molecule has 1 aromatic rings. The van der Waals surface area contributed by atoms with Gasteiger partial charge in [0, 0.05) is 54.4 Å². The molecule has 3 fully saturated rings. The molecule has 2 N–H and O–H groups in total. The van der Waals surface area contributed by atoms with Crippen LogP contribution in [0.3, 0.4) is 0 Å². The standard InChI is InChI=1S/C30H56N8O/c1-26(2)17-21(18-27(3,4)34-26)36(11)24-31-23(32-25(33-24)38-13-15-39-16-14-38)30(9,10)37(12)22-19-28(5,6)35-29(7,8)20-22/h21-22,34-35H,13-20H2,1-12H3. The molecule has 222 valence electrons. The van der Waals surface area contributed by atoms with Gasteiger partial charge >= 0.3 is 0 Å². The van der Waals surface area contributed by atoms with Crippen LogP contribution in [0.25, 0.3) is 0 Å². The van der Waals surface area contributed by atoms with Crippen LogP contribution >= 0.6 is 0 Å². The summed E-state index contributed by atoms with van der Waals surface area (Å²) in [7, 11) is 4.42. The Morgan fingerprint density at radius 3 is 1.69 bits per heavy atom. The summed E-state index contributed by atoms with van der Waals surface area (Å²) in [6.07, 6.45) is 4.21. The average molecular weight is 545 g/mol. The highest BCUT2D eigenvalue weighted by Gasteiger charge is 2.44. The molecule has 39 heavy (non-hydrogen) atoms. The number of anilines is 2. The Balaban J connectivity index is 1.71. The van der Waals surface area contributed by atoms with Gasteiger partial charge in [0.15, 0.2) is 5.82 Å². The van der Waals surface area contributed by atoms with Gasteiger partial charge in [0.05, 0.1) is 18.8 Å². The second-order valence-corrected chi connectivity index (χ2v) is 15.5. The second kappa shape index (κ2) is 10.4. The Bertz CT molecular complexity index is 982. The summed E-state index contributed by atoms with van der Waals surface area (Å²) in [4.78, 5) is 22.5. The van der Waals surface area contributed by atoms with Gasteiger partial charge in [-0.2, -0.15) is 15.0 Å². The number of morpholine rings is 1. The molecule has 0 radical (unpaired) electrons. The zero-order chi connectivity index (χ0) is 29.0. The largest absolute Gasteiger partial charge is 0.378 e. The van der Waals surface area contributed by atoms with Crippen LogP contribution in [0.5, 0.6) is 0 Å². The van der Waals surface area contributed by atoms with Crippen molar-refractivity contribution < 1.29 is 4.74 Å². The minimum atomic E-state index is -0.375. The van der Waals surface area contributed by atoms with Crippen LogP contribution in [0.15, 0.2) is 0 Å². The molecule has 0 aromatic carbocycles. The Hall–Kier alpha value is -1.55. The maximum Gasteiger partial charge on any atom is 0.230 e. The van der Waals surface area contributed by atoms with E-state index in [1.54, 1.807) is 0 Å². The number of nitrogens with one attached hydrogen (secondary N) is 2. The van der Waals surface area contributed by atoms with Gasteiger partial charge in [-0.1, -0.05) is 0 Å². The van der Waals surface area contributed by atoms with Gasteiger partial charge in [-0.25, -0.2) is 0 Å². The molecule has 9 heteroatoms. The first-order valence-electron chi connectivity index (χ1n) is 14.9. The molecule has 0 unspecified atom stereocenters. The fourth-order valence-corrected chi connectivity index (χ4v) is 7.55. The van der Waals surface area contributed by atoms with E-state index in [1.807, 2.05) is 0 Å². The third-order valence-electron chi connectivity index (χ3n) is 9.08. The van der Waals surface area contributed by atoms with Gasteiger partial charge in [-0.15, -0.1) is 0 Å². The van der Waals surface area contributed by atoms with Gasteiger partial charge in [-0.3, -0.25) is 4.90 Å². The van der Waals surface area contributed by atoms with Gasteiger partial charge < -0.3 is 25.2 Å². The van der Waals surface area contributed by atoms with Crippen molar-refractivity contribution in [3.63, 3.8) is 0 Å². The Morgan fingerprint density at radius 1 is 0.744 bits per heavy atom. The highest BCUT2D eigenvalue weighted by molar-refractivity contribution is 5.41. The summed E-state index contributed by atoms with van der Waals surface area (Å²) in [6.45, 7) is 26.0. The third-order valence-corrected chi connectivity index (χ3v) is 9.08. The average Bonchev–Trinajstić information content (AvgIpc) is 2.79. The fourth-order valence-electron chi connectivity index (χ4n) is 7.55. The molecule has 9 nitrogen and oxygen atoms in total. The third kappa shape index (κ3) is 7.03. The number of rotatable bonds is 6. The van der Waals surface area contributed by atoms with E-state index in [9.17, 15) is 0 Å². The lowest BCUT2D eigenvalue weighted by molar-refractivity contribution is 0.0190. The van der Waals surface area contributed by atoms with Crippen LogP contribution in [-0.4, -0.2) is 94.5 Å². The van der Waals surface area contributed by atoms with E-state index >= 15 is 0 Å². The van der Waals surface area contributed by atoms with Crippen LogP contribution in [0.2, 0.25) is 0 Å². The molecule has 3 aliphatic rings. The van der Waals surface area contributed by atoms with Crippen LogP contribution in [0, 0.1) is 0 Å². The molecule has 0 spiro atoms. The van der Waals surface area contributed by atoms with Gasteiger partial charge in [0.25, 0.3) is 0 Å². The van der Waals surface area contributed by atoms with Crippen molar-refractivity contribution in [2.24, 2.45) is 0 Å². The maximum absolute atomic E-state index is 5.65. The quantitative estimate of drug-likeness (QED) is 0.554. The minimum absolute atomic E-state index is 0.0394. The van der Waals surface area contributed by atoms with Crippen molar-refractivity contribution >= 4 is 11.9 Å². The van der Waals surface area contributed by atoms with Gasteiger partial charge in [0.2, 0.25) is 11.9 Å². The predicted octanol–water partition coefficient (Wildman–Crippen LogP) is 3.93. The summed E-state index contributed by atoms with van der Waals surface area (Å²) in [6, 6.07) is 0.734. The number of piperidine rings is 2. The van der Waals surface area contributed by atoms with Crippen LogP contribution in [0.1, 0.15) is 101 Å². The van der Waals surface area contributed by atoms with Gasteiger partial charge in [-0.05, 0) is 102 Å². The monoisotopic (exact) mass is 544 g/mol. The van der Waals surface area contributed by atoms with Gasteiger partial charge in [0.1, 0.15) is 0 Å². The Kier molecular flexibility index (Phi) is 8.09. The molecule has 4 heterocycles. The molecule has 0 saturated carbocycles. The Labute approximate surface area is 237 Å². The number of hydrogen-bond donors (Lipinski definition) is 2. The molecule has 0 amide bonds.